The molecule has 0 atom stereocenters. The highest BCUT2D eigenvalue weighted by molar-refractivity contribution is 6.33. The summed E-state index contributed by atoms with van der Waals surface area (Å²) in [5.74, 6) is -5.35. The molecule has 1 rings (SSSR count). The van der Waals surface area contributed by atoms with Gasteiger partial charge in [0.1, 0.15) is 0 Å². The van der Waals surface area contributed by atoms with Crippen molar-refractivity contribution in [3.05, 3.63) is 28.8 Å². The van der Waals surface area contributed by atoms with Crippen LogP contribution in [-0.4, -0.2) is 28.4 Å². The molecule has 5 nitrogen and oxygen atoms in total. The maximum absolute atomic E-state index is 12.5. The largest absolute Gasteiger partial charge is 0.480 e. The molecule has 0 bridgehead atoms. The maximum atomic E-state index is 12.5. The highest BCUT2D eigenvalue weighted by Crippen LogP contribution is 2.34. The molecule has 2 N–H and O–H groups in total. The minimum absolute atomic E-state index is 0.163. The fourth-order valence-corrected chi connectivity index (χ4v) is 1.34. The Morgan fingerprint density at radius 2 is 1.80 bits per heavy atom. The molecule has 0 spiro atoms. The summed E-state index contributed by atoms with van der Waals surface area (Å²) < 4.78 is 37.4. The van der Waals surface area contributed by atoms with E-state index < -0.39 is 29.6 Å². The zero-order chi connectivity index (χ0) is 15.5. The van der Waals surface area contributed by atoms with Gasteiger partial charge in [-0.2, -0.15) is 13.2 Å². The van der Waals surface area contributed by atoms with Crippen LogP contribution >= 0.6 is 11.6 Å². The Kier molecular flexibility index (Phi) is 4.72. The van der Waals surface area contributed by atoms with Gasteiger partial charge in [-0.15, -0.1) is 0 Å². The molecule has 9 heteroatoms. The van der Waals surface area contributed by atoms with E-state index in [4.69, 9.17) is 21.8 Å². The second kappa shape index (κ2) is 5.91. The summed E-state index contributed by atoms with van der Waals surface area (Å²) in [6, 6.07) is 2.26. The van der Waals surface area contributed by atoms with Crippen LogP contribution in [0.4, 0.5) is 18.9 Å². The first-order valence-electron chi connectivity index (χ1n) is 4.99. The Labute approximate surface area is 115 Å². The lowest BCUT2D eigenvalue weighted by atomic mass is 10.1. The molecule has 0 saturated heterocycles. The first-order valence-corrected chi connectivity index (χ1v) is 5.37. The number of aliphatic carboxylic acids is 2. The van der Waals surface area contributed by atoms with E-state index in [0.717, 1.165) is 12.1 Å². The van der Waals surface area contributed by atoms with Gasteiger partial charge in [-0.05, 0) is 18.2 Å². The van der Waals surface area contributed by atoms with Gasteiger partial charge in [0.25, 0.3) is 0 Å². The molecule has 0 aliphatic heterocycles. The molecule has 0 aliphatic rings. The second-order valence-electron chi connectivity index (χ2n) is 3.60. The lowest BCUT2D eigenvalue weighted by Gasteiger charge is -2.08. The van der Waals surface area contributed by atoms with Crippen molar-refractivity contribution in [2.75, 3.05) is 0 Å². The van der Waals surface area contributed by atoms with Gasteiger partial charge in [-0.25, -0.2) is 0 Å². The molecule has 0 saturated carbocycles. The number of nitrogens with zero attached hydrogens (tertiary/aromatic N) is 1. The Bertz CT molecular complexity index is 557. The molecule has 0 fully saturated rings. The first kappa shape index (κ1) is 16.0. The van der Waals surface area contributed by atoms with Gasteiger partial charge < -0.3 is 10.2 Å². The van der Waals surface area contributed by atoms with E-state index in [9.17, 15) is 22.8 Å². The van der Waals surface area contributed by atoms with Crippen molar-refractivity contribution in [3.63, 3.8) is 0 Å². The van der Waals surface area contributed by atoms with Gasteiger partial charge in [0.2, 0.25) is 0 Å². The van der Waals surface area contributed by atoms with Gasteiger partial charge >= 0.3 is 18.1 Å². The van der Waals surface area contributed by atoms with Crippen molar-refractivity contribution in [1.82, 2.24) is 0 Å². The van der Waals surface area contributed by atoms with Crippen molar-refractivity contribution < 1.29 is 33.0 Å². The fraction of sp³-hybridized carbons (Fsp3) is 0.182. The van der Waals surface area contributed by atoms with Crippen LogP contribution in [0.15, 0.2) is 23.2 Å². The fourth-order valence-electron chi connectivity index (χ4n) is 1.18. The Balaban J connectivity index is 3.14. The van der Waals surface area contributed by atoms with Crippen LogP contribution in [0.2, 0.25) is 5.02 Å². The van der Waals surface area contributed by atoms with Crippen LogP contribution in [0.5, 0.6) is 0 Å². The highest BCUT2D eigenvalue weighted by Gasteiger charge is 2.31. The molecule has 20 heavy (non-hydrogen) atoms. The quantitative estimate of drug-likeness (QED) is 0.661. The Morgan fingerprint density at radius 1 is 1.25 bits per heavy atom. The number of hydrogen-bond donors (Lipinski definition) is 2. The van der Waals surface area contributed by atoms with E-state index in [1.165, 1.54) is 0 Å². The van der Waals surface area contributed by atoms with Gasteiger partial charge in [0, 0.05) is 6.21 Å². The van der Waals surface area contributed by atoms with Crippen LogP contribution < -0.4 is 0 Å². The van der Waals surface area contributed by atoms with Gasteiger partial charge in [0.05, 0.1) is 16.3 Å². The van der Waals surface area contributed by atoms with E-state index in [2.05, 4.69) is 4.99 Å². The van der Waals surface area contributed by atoms with Crippen LogP contribution in [0, 0.1) is 5.92 Å². The van der Waals surface area contributed by atoms with Crippen molar-refractivity contribution in [3.8, 4) is 0 Å². The SMILES string of the molecule is O=C(O)C(C=Nc1cc(C(F)(F)F)ccc1Cl)C(=O)O. The highest BCUT2D eigenvalue weighted by atomic mass is 35.5. The average Bonchev–Trinajstić information content (AvgIpc) is 2.29. The molecule has 0 unspecified atom stereocenters. The Hall–Kier alpha value is -2.09. The van der Waals surface area contributed by atoms with Crippen molar-refractivity contribution >= 4 is 35.4 Å². The molecular weight excluding hydrogens is 303 g/mol. The summed E-state index contributed by atoms with van der Waals surface area (Å²) >= 11 is 5.61. The minimum atomic E-state index is -4.62. The van der Waals surface area contributed by atoms with E-state index >= 15 is 0 Å². The lowest BCUT2D eigenvalue weighted by Crippen LogP contribution is -2.24. The van der Waals surface area contributed by atoms with Crippen molar-refractivity contribution in [2.45, 2.75) is 6.18 Å². The van der Waals surface area contributed by atoms with E-state index in [1.54, 1.807) is 0 Å². The topological polar surface area (TPSA) is 87.0 Å². The van der Waals surface area contributed by atoms with E-state index in [-0.39, 0.29) is 10.7 Å². The molecule has 0 aromatic heterocycles. The lowest BCUT2D eigenvalue weighted by molar-refractivity contribution is -0.150. The molecule has 1 aromatic carbocycles. The minimum Gasteiger partial charge on any atom is -0.480 e. The number of carboxylic acids is 2. The van der Waals surface area contributed by atoms with Crippen molar-refractivity contribution in [1.29, 1.82) is 0 Å². The first-order chi connectivity index (χ1) is 9.12. The molecule has 0 aliphatic carbocycles. The zero-order valence-corrected chi connectivity index (χ0v) is 10.3. The number of halogens is 4. The summed E-state index contributed by atoms with van der Waals surface area (Å²) in [6.07, 6.45) is -4.11. The third-order valence-electron chi connectivity index (χ3n) is 2.17. The standard InChI is InChI=1S/C11H7ClF3NO4/c12-7-2-1-5(11(13,14)15)3-8(7)16-4-6(9(17)18)10(19)20/h1-4,6H,(H,17,18)(H,19,20). The van der Waals surface area contributed by atoms with E-state index in [0.29, 0.717) is 12.3 Å². The van der Waals surface area contributed by atoms with Gasteiger partial charge in [-0.1, -0.05) is 11.6 Å². The summed E-state index contributed by atoms with van der Waals surface area (Å²) in [5.41, 5.74) is -1.40. The molecule has 0 amide bonds. The summed E-state index contributed by atoms with van der Waals surface area (Å²) in [5, 5.41) is 17.0. The van der Waals surface area contributed by atoms with Crippen LogP contribution in [-0.2, 0) is 15.8 Å². The number of rotatable bonds is 4. The number of aliphatic imine (C=N–C) groups is 1. The number of carboxylic acid groups (broad SMARTS) is 2. The zero-order valence-electron chi connectivity index (χ0n) is 9.56. The molecule has 0 radical (unpaired) electrons. The molecule has 108 valence electrons. The van der Waals surface area contributed by atoms with Crippen molar-refractivity contribution in [2.24, 2.45) is 10.9 Å². The van der Waals surface area contributed by atoms with E-state index in [1.807, 2.05) is 0 Å². The Morgan fingerprint density at radius 3 is 2.25 bits per heavy atom. The molecular formula is C11H7ClF3NO4. The summed E-state index contributed by atoms with van der Waals surface area (Å²) in [7, 11) is 0. The third-order valence-corrected chi connectivity index (χ3v) is 2.49. The number of benzene rings is 1. The normalized spacial score (nSPS) is 12.1. The summed E-state index contributed by atoms with van der Waals surface area (Å²) in [6.45, 7) is 0. The predicted octanol–water partition coefficient (Wildman–Crippen LogP) is 2.85. The summed E-state index contributed by atoms with van der Waals surface area (Å²) in [4.78, 5) is 24.6. The molecule has 1 aromatic rings. The monoisotopic (exact) mass is 309 g/mol. The van der Waals surface area contributed by atoms with Gasteiger partial charge in [-0.3, -0.25) is 14.6 Å². The maximum Gasteiger partial charge on any atom is 0.416 e. The average molecular weight is 310 g/mol. The number of hydrogen-bond acceptors (Lipinski definition) is 3. The van der Waals surface area contributed by atoms with Crippen LogP contribution in [0.1, 0.15) is 5.56 Å². The third kappa shape index (κ3) is 3.95. The second-order valence-corrected chi connectivity index (χ2v) is 4.00. The molecule has 0 heterocycles. The number of alkyl halides is 3. The van der Waals surface area contributed by atoms with Gasteiger partial charge in [0.15, 0.2) is 5.92 Å². The van der Waals surface area contributed by atoms with Crippen LogP contribution in [0.25, 0.3) is 0 Å². The van der Waals surface area contributed by atoms with Crippen LogP contribution in [0.3, 0.4) is 0 Å². The predicted molar refractivity (Wildman–Crippen MR) is 63.4 cm³/mol. The number of carbonyl (C=O) groups is 2. The smallest absolute Gasteiger partial charge is 0.416 e.